The number of rotatable bonds is 4. The number of primary sulfonamides is 1. The third-order valence-electron chi connectivity index (χ3n) is 3.62. The van der Waals surface area contributed by atoms with E-state index in [2.05, 4.69) is 5.32 Å². The highest BCUT2D eigenvalue weighted by Gasteiger charge is 2.45. The normalized spacial score (nSPS) is 20.5. The zero-order chi connectivity index (χ0) is 16.5. The summed E-state index contributed by atoms with van der Waals surface area (Å²) in [7, 11) is -3.73. The molecule has 0 spiro atoms. The summed E-state index contributed by atoms with van der Waals surface area (Å²) in [6.45, 7) is 3.62. The van der Waals surface area contributed by atoms with Crippen LogP contribution in [0.1, 0.15) is 25.8 Å². The molecule has 0 aromatic heterocycles. The number of sulfonamides is 1. The lowest BCUT2D eigenvalue weighted by Gasteiger charge is -2.23. The van der Waals surface area contributed by atoms with Gasteiger partial charge in [-0.1, -0.05) is 12.1 Å². The second kappa shape index (κ2) is 5.69. The highest BCUT2D eigenvalue weighted by Crippen LogP contribution is 2.32. The molecule has 7 nitrogen and oxygen atoms in total. The molecule has 1 atom stereocenters. The van der Waals surface area contributed by atoms with E-state index in [0.717, 1.165) is 5.56 Å². The van der Waals surface area contributed by atoms with Gasteiger partial charge in [0, 0.05) is 6.54 Å². The van der Waals surface area contributed by atoms with Crippen molar-refractivity contribution in [2.24, 2.45) is 11.1 Å². The van der Waals surface area contributed by atoms with Gasteiger partial charge in [-0.25, -0.2) is 13.6 Å². The number of hydrogen-bond donors (Lipinski definition) is 2. The molecule has 1 unspecified atom stereocenters. The monoisotopic (exact) mass is 326 g/mol. The molecule has 22 heavy (non-hydrogen) atoms. The van der Waals surface area contributed by atoms with Gasteiger partial charge >= 0.3 is 5.97 Å². The van der Waals surface area contributed by atoms with Gasteiger partial charge in [-0.3, -0.25) is 9.59 Å². The second-order valence-corrected chi connectivity index (χ2v) is 7.30. The van der Waals surface area contributed by atoms with Crippen molar-refractivity contribution in [3.8, 4) is 0 Å². The minimum atomic E-state index is -3.73. The fraction of sp³-hybridized carbons (Fsp3) is 0.429. The molecule has 1 fully saturated rings. The predicted molar refractivity (Wildman–Crippen MR) is 77.9 cm³/mol. The highest BCUT2D eigenvalue weighted by molar-refractivity contribution is 7.89. The number of ether oxygens (including phenoxy) is 1. The van der Waals surface area contributed by atoms with E-state index in [4.69, 9.17) is 9.88 Å². The standard InChI is InChI=1S/C14H18N2O5S/c1-14(2)11(7-12(17)21-14)13(18)16-8-9-3-5-10(6-4-9)22(15,19)20/h3-6,11H,7-8H2,1-2H3,(H,16,18)(H2,15,19,20). The van der Waals surface area contributed by atoms with Gasteiger partial charge in [0.25, 0.3) is 0 Å². The predicted octanol–water partition coefficient (Wildman–Crippen LogP) is 0.292. The second-order valence-electron chi connectivity index (χ2n) is 5.74. The first-order valence-corrected chi connectivity index (χ1v) is 8.25. The van der Waals surface area contributed by atoms with Crippen molar-refractivity contribution < 1.29 is 22.7 Å². The summed E-state index contributed by atoms with van der Waals surface area (Å²) < 4.78 is 27.4. The lowest BCUT2D eigenvalue weighted by Crippen LogP contribution is -2.40. The Morgan fingerprint density at radius 3 is 2.41 bits per heavy atom. The Bertz CT molecular complexity index is 694. The van der Waals surface area contributed by atoms with Crippen LogP contribution in [0.4, 0.5) is 0 Å². The Labute approximate surface area is 128 Å². The molecule has 1 aromatic rings. The smallest absolute Gasteiger partial charge is 0.307 e. The summed E-state index contributed by atoms with van der Waals surface area (Å²) in [5, 5.41) is 7.73. The van der Waals surface area contributed by atoms with Crippen LogP contribution in [0.25, 0.3) is 0 Å². The minimum Gasteiger partial charge on any atom is -0.459 e. The molecular formula is C14H18N2O5S. The van der Waals surface area contributed by atoms with Gasteiger partial charge in [0.15, 0.2) is 0 Å². The van der Waals surface area contributed by atoms with E-state index in [-0.39, 0.29) is 29.7 Å². The number of hydrogen-bond acceptors (Lipinski definition) is 5. The van der Waals surface area contributed by atoms with Gasteiger partial charge in [0.05, 0.1) is 17.2 Å². The summed E-state index contributed by atoms with van der Waals surface area (Å²) in [4.78, 5) is 23.5. The molecule has 2 rings (SSSR count). The topological polar surface area (TPSA) is 116 Å². The lowest BCUT2D eigenvalue weighted by molar-refractivity contribution is -0.147. The summed E-state index contributed by atoms with van der Waals surface area (Å²) in [5.41, 5.74) is -0.0950. The van der Waals surface area contributed by atoms with Crippen LogP contribution in [-0.2, 0) is 30.9 Å². The fourth-order valence-corrected chi connectivity index (χ4v) is 2.85. The highest BCUT2D eigenvalue weighted by atomic mass is 32.2. The average molecular weight is 326 g/mol. The van der Waals surface area contributed by atoms with Crippen LogP contribution in [0, 0.1) is 5.92 Å². The molecule has 0 saturated carbocycles. The van der Waals surface area contributed by atoms with Gasteiger partial charge < -0.3 is 10.1 Å². The van der Waals surface area contributed by atoms with Crippen LogP contribution in [0.2, 0.25) is 0 Å². The van der Waals surface area contributed by atoms with Crippen molar-refractivity contribution in [1.29, 1.82) is 0 Å². The maximum absolute atomic E-state index is 12.1. The number of cyclic esters (lactones) is 1. The first kappa shape index (κ1) is 16.4. The molecule has 0 bridgehead atoms. The molecule has 1 heterocycles. The third-order valence-corrected chi connectivity index (χ3v) is 4.55. The van der Waals surface area contributed by atoms with E-state index in [1.54, 1.807) is 26.0 Å². The molecule has 1 saturated heterocycles. The third kappa shape index (κ3) is 3.63. The zero-order valence-electron chi connectivity index (χ0n) is 12.3. The number of carbonyl (C=O) groups excluding carboxylic acids is 2. The lowest BCUT2D eigenvalue weighted by atomic mass is 9.90. The largest absolute Gasteiger partial charge is 0.459 e. The quantitative estimate of drug-likeness (QED) is 0.772. The molecule has 1 amide bonds. The summed E-state index contributed by atoms with van der Waals surface area (Å²) in [6, 6.07) is 5.90. The molecule has 120 valence electrons. The number of nitrogens with two attached hydrogens (primary N) is 1. The van der Waals surface area contributed by atoms with Crippen LogP contribution in [-0.4, -0.2) is 25.9 Å². The van der Waals surface area contributed by atoms with Crippen LogP contribution in [0.15, 0.2) is 29.2 Å². The first-order chi connectivity index (χ1) is 10.1. The number of nitrogens with one attached hydrogen (secondary N) is 1. The molecule has 0 radical (unpaired) electrons. The first-order valence-electron chi connectivity index (χ1n) is 6.71. The Hall–Kier alpha value is -1.93. The van der Waals surface area contributed by atoms with Gasteiger partial charge in [-0.2, -0.15) is 0 Å². The van der Waals surface area contributed by atoms with Gasteiger partial charge in [0.2, 0.25) is 15.9 Å². The van der Waals surface area contributed by atoms with E-state index < -0.39 is 21.5 Å². The number of amides is 1. The molecular weight excluding hydrogens is 308 g/mol. The maximum Gasteiger partial charge on any atom is 0.307 e. The Balaban J connectivity index is 1.98. The van der Waals surface area contributed by atoms with Crippen LogP contribution < -0.4 is 10.5 Å². The van der Waals surface area contributed by atoms with E-state index in [1.807, 2.05) is 0 Å². The summed E-state index contributed by atoms with van der Waals surface area (Å²) in [5.74, 6) is -1.20. The van der Waals surface area contributed by atoms with Crippen molar-refractivity contribution in [3.05, 3.63) is 29.8 Å². The molecule has 1 aliphatic rings. The van der Waals surface area contributed by atoms with Crippen LogP contribution in [0.5, 0.6) is 0 Å². The van der Waals surface area contributed by atoms with E-state index in [9.17, 15) is 18.0 Å². The Morgan fingerprint density at radius 1 is 1.36 bits per heavy atom. The van der Waals surface area contributed by atoms with Gasteiger partial charge in [-0.05, 0) is 31.5 Å². The van der Waals surface area contributed by atoms with E-state index in [0.29, 0.717) is 0 Å². The number of benzene rings is 1. The summed E-state index contributed by atoms with van der Waals surface area (Å²) >= 11 is 0. The van der Waals surface area contributed by atoms with Crippen molar-refractivity contribution in [3.63, 3.8) is 0 Å². The minimum absolute atomic E-state index is 0.0125. The SMILES string of the molecule is CC1(C)OC(=O)CC1C(=O)NCc1ccc(S(N)(=O)=O)cc1. The number of carbonyl (C=O) groups is 2. The molecule has 8 heteroatoms. The van der Waals surface area contributed by atoms with Gasteiger partial charge in [-0.15, -0.1) is 0 Å². The molecule has 1 aromatic carbocycles. The van der Waals surface area contributed by atoms with Crippen LogP contribution >= 0.6 is 0 Å². The van der Waals surface area contributed by atoms with Crippen LogP contribution in [0.3, 0.4) is 0 Å². The van der Waals surface area contributed by atoms with Crippen molar-refractivity contribution in [2.75, 3.05) is 0 Å². The maximum atomic E-state index is 12.1. The van der Waals surface area contributed by atoms with Crippen molar-refractivity contribution in [2.45, 2.75) is 37.3 Å². The zero-order valence-corrected chi connectivity index (χ0v) is 13.1. The molecule has 0 aliphatic carbocycles. The van der Waals surface area contributed by atoms with E-state index in [1.165, 1.54) is 12.1 Å². The number of esters is 1. The fourth-order valence-electron chi connectivity index (χ4n) is 2.34. The van der Waals surface area contributed by atoms with Gasteiger partial charge in [0.1, 0.15) is 5.60 Å². The Kier molecular flexibility index (Phi) is 4.25. The van der Waals surface area contributed by atoms with Crippen molar-refractivity contribution >= 4 is 21.9 Å². The summed E-state index contributed by atoms with van der Waals surface area (Å²) in [6.07, 6.45) is 0.0587. The Morgan fingerprint density at radius 2 is 1.95 bits per heavy atom. The molecule has 1 aliphatic heterocycles. The van der Waals surface area contributed by atoms with Crippen molar-refractivity contribution in [1.82, 2.24) is 5.32 Å². The van der Waals surface area contributed by atoms with E-state index >= 15 is 0 Å². The molecule has 3 N–H and O–H groups in total. The average Bonchev–Trinajstić information content (AvgIpc) is 2.68.